The van der Waals surface area contributed by atoms with Crippen LogP contribution in [0, 0.1) is 5.82 Å². The highest BCUT2D eigenvalue weighted by Crippen LogP contribution is 2.19. The summed E-state index contributed by atoms with van der Waals surface area (Å²) < 4.78 is 25.4. The lowest BCUT2D eigenvalue weighted by Crippen LogP contribution is -2.12. The summed E-state index contributed by atoms with van der Waals surface area (Å²) in [5, 5.41) is 0. The summed E-state index contributed by atoms with van der Waals surface area (Å²) in [7, 11) is 0. The van der Waals surface area contributed by atoms with Gasteiger partial charge in [-0.15, -0.1) is 0 Å². The van der Waals surface area contributed by atoms with E-state index in [1.807, 2.05) is 0 Å². The number of hydrogen-bond acceptors (Lipinski definition) is 1. The Morgan fingerprint density at radius 3 is 2.58 bits per heavy atom. The summed E-state index contributed by atoms with van der Waals surface area (Å²) in [6, 6.07) is 3.40. The van der Waals surface area contributed by atoms with Crippen molar-refractivity contribution in [2.45, 2.75) is 6.04 Å². The monoisotopic (exact) mass is 235 g/mol. The highest BCUT2D eigenvalue weighted by atomic mass is 79.9. The molecular formula is C8H8BrF2N. The fourth-order valence-corrected chi connectivity index (χ4v) is 1.36. The fourth-order valence-electron chi connectivity index (χ4n) is 0.878. The van der Waals surface area contributed by atoms with E-state index < -0.39 is 18.5 Å². The van der Waals surface area contributed by atoms with Gasteiger partial charge in [0.2, 0.25) is 0 Å². The molecular weight excluding hydrogens is 228 g/mol. The van der Waals surface area contributed by atoms with E-state index in [0.717, 1.165) is 0 Å². The molecule has 0 unspecified atom stereocenters. The molecule has 0 amide bonds. The van der Waals surface area contributed by atoms with Crippen LogP contribution in [0.25, 0.3) is 0 Å². The van der Waals surface area contributed by atoms with E-state index >= 15 is 0 Å². The van der Waals surface area contributed by atoms with Crippen molar-refractivity contribution in [1.29, 1.82) is 0 Å². The maximum Gasteiger partial charge on any atom is 0.124 e. The standard InChI is InChI=1S/C8H8BrF2N/c9-6-1-5(8(12)4-10)2-7(11)3-6/h1-3,8H,4,12H2/t8-/m0/s1. The van der Waals surface area contributed by atoms with Crippen molar-refractivity contribution in [2.24, 2.45) is 5.73 Å². The molecule has 4 heteroatoms. The van der Waals surface area contributed by atoms with Gasteiger partial charge in [-0.2, -0.15) is 0 Å². The van der Waals surface area contributed by atoms with Gasteiger partial charge in [0.25, 0.3) is 0 Å². The number of alkyl halides is 1. The minimum atomic E-state index is -0.739. The molecule has 0 aliphatic carbocycles. The molecule has 1 nitrogen and oxygen atoms in total. The zero-order valence-corrected chi connectivity index (χ0v) is 7.81. The Balaban J connectivity index is 3.00. The average Bonchev–Trinajstić information content (AvgIpc) is 2.01. The van der Waals surface area contributed by atoms with Crippen LogP contribution in [0.5, 0.6) is 0 Å². The smallest absolute Gasteiger partial charge is 0.124 e. The number of hydrogen-bond donors (Lipinski definition) is 1. The summed E-state index contributed by atoms with van der Waals surface area (Å²) in [6.45, 7) is -0.685. The van der Waals surface area contributed by atoms with Crippen molar-refractivity contribution < 1.29 is 8.78 Å². The third-order valence-corrected chi connectivity index (χ3v) is 1.94. The summed E-state index contributed by atoms with van der Waals surface area (Å²) in [5.41, 5.74) is 5.83. The molecule has 12 heavy (non-hydrogen) atoms. The molecule has 1 atom stereocenters. The molecule has 1 rings (SSSR count). The van der Waals surface area contributed by atoms with Crippen LogP contribution in [-0.2, 0) is 0 Å². The lowest BCUT2D eigenvalue weighted by molar-refractivity contribution is 0.436. The van der Waals surface area contributed by atoms with Crippen LogP contribution in [0.3, 0.4) is 0 Å². The van der Waals surface area contributed by atoms with E-state index in [1.54, 1.807) is 6.07 Å². The Kier molecular flexibility index (Phi) is 3.17. The van der Waals surface area contributed by atoms with Crippen molar-refractivity contribution in [2.75, 3.05) is 6.67 Å². The van der Waals surface area contributed by atoms with Crippen LogP contribution in [0.15, 0.2) is 22.7 Å². The predicted molar refractivity (Wildman–Crippen MR) is 47.0 cm³/mol. The first-order chi connectivity index (χ1) is 5.63. The Labute approximate surface area is 77.7 Å². The second-order valence-corrected chi connectivity index (χ2v) is 3.38. The molecule has 0 saturated heterocycles. The van der Waals surface area contributed by atoms with Crippen LogP contribution in [-0.4, -0.2) is 6.67 Å². The quantitative estimate of drug-likeness (QED) is 0.838. The summed E-state index contributed by atoms with van der Waals surface area (Å²) in [6.07, 6.45) is 0. The third-order valence-electron chi connectivity index (χ3n) is 1.48. The van der Waals surface area contributed by atoms with E-state index in [-0.39, 0.29) is 0 Å². The van der Waals surface area contributed by atoms with Gasteiger partial charge in [-0.25, -0.2) is 8.78 Å². The maximum absolute atomic E-state index is 12.7. The lowest BCUT2D eigenvalue weighted by atomic mass is 10.1. The molecule has 0 bridgehead atoms. The van der Waals surface area contributed by atoms with Crippen molar-refractivity contribution >= 4 is 15.9 Å². The van der Waals surface area contributed by atoms with Crippen molar-refractivity contribution in [3.05, 3.63) is 34.1 Å². The largest absolute Gasteiger partial charge is 0.322 e. The summed E-state index contributed by atoms with van der Waals surface area (Å²) in [4.78, 5) is 0. The third kappa shape index (κ3) is 2.25. The van der Waals surface area contributed by atoms with E-state index in [9.17, 15) is 8.78 Å². The molecule has 0 saturated carbocycles. The normalized spacial score (nSPS) is 13.0. The highest BCUT2D eigenvalue weighted by molar-refractivity contribution is 9.10. The number of nitrogens with two attached hydrogens (primary N) is 1. The average molecular weight is 236 g/mol. The Morgan fingerprint density at radius 1 is 1.42 bits per heavy atom. The molecule has 0 aliphatic rings. The van der Waals surface area contributed by atoms with Crippen LogP contribution in [0.2, 0.25) is 0 Å². The zero-order valence-electron chi connectivity index (χ0n) is 6.23. The Morgan fingerprint density at radius 2 is 2.08 bits per heavy atom. The second-order valence-electron chi connectivity index (χ2n) is 2.46. The van der Waals surface area contributed by atoms with Gasteiger partial charge in [-0.1, -0.05) is 15.9 Å². The minimum Gasteiger partial charge on any atom is -0.322 e. The van der Waals surface area contributed by atoms with Gasteiger partial charge >= 0.3 is 0 Å². The van der Waals surface area contributed by atoms with Crippen LogP contribution >= 0.6 is 15.9 Å². The summed E-state index contributed by atoms with van der Waals surface area (Å²) in [5.74, 6) is -0.414. The minimum absolute atomic E-state index is 0.414. The van der Waals surface area contributed by atoms with Gasteiger partial charge < -0.3 is 5.73 Å². The first-order valence-electron chi connectivity index (χ1n) is 3.41. The first kappa shape index (κ1) is 9.61. The molecule has 0 aliphatic heterocycles. The van der Waals surface area contributed by atoms with Gasteiger partial charge in [0.1, 0.15) is 12.5 Å². The van der Waals surface area contributed by atoms with Gasteiger partial charge in [0.05, 0.1) is 6.04 Å². The Bertz CT molecular complexity index is 258. The van der Waals surface area contributed by atoms with Gasteiger partial charge in [-0.3, -0.25) is 0 Å². The SMILES string of the molecule is N[C@@H](CF)c1cc(F)cc(Br)c1. The molecule has 0 aromatic heterocycles. The topological polar surface area (TPSA) is 26.0 Å². The fraction of sp³-hybridized carbons (Fsp3) is 0.250. The second kappa shape index (κ2) is 3.96. The van der Waals surface area contributed by atoms with Gasteiger partial charge in [-0.05, 0) is 23.8 Å². The lowest BCUT2D eigenvalue weighted by Gasteiger charge is -2.07. The van der Waals surface area contributed by atoms with E-state index in [1.165, 1.54) is 12.1 Å². The molecule has 1 aromatic rings. The molecule has 0 spiro atoms. The summed E-state index contributed by atoms with van der Waals surface area (Å²) >= 11 is 3.09. The molecule has 0 radical (unpaired) electrons. The molecule has 66 valence electrons. The van der Waals surface area contributed by atoms with Crippen molar-refractivity contribution in [1.82, 2.24) is 0 Å². The van der Waals surface area contributed by atoms with Crippen molar-refractivity contribution in [3.63, 3.8) is 0 Å². The molecule has 1 aromatic carbocycles. The molecule has 0 fully saturated rings. The van der Waals surface area contributed by atoms with Crippen LogP contribution in [0.1, 0.15) is 11.6 Å². The highest BCUT2D eigenvalue weighted by Gasteiger charge is 2.07. The number of rotatable bonds is 2. The van der Waals surface area contributed by atoms with Crippen LogP contribution < -0.4 is 5.73 Å². The maximum atomic E-state index is 12.7. The molecule has 2 N–H and O–H groups in total. The van der Waals surface area contributed by atoms with Crippen molar-refractivity contribution in [3.8, 4) is 0 Å². The van der Waals surface area contributed by atoms with E-state index in [2.05, 4.69) is 15.9 Å². The van der Waals surface area contributed by atoms with E-state index in [4.69, 9.17) is 5.73 Å². The molecule has 0 heterocycles. The predicted octanol–water partition coefficient (Wildman–Crippen LogP) is 2.56. The van der Waals surface area contributed by atoms with Gasteiger partial charge in [0.15, 0.2) is 0 Å². The van der Waals surface area contributed by atoms with E-state index in [0.29, 0.717) is 10.0 Å². The Hall–Kier alpha value is -0.480. The number of halogens is 3. The zero-order chi connectivity index (χ0) is 9.14. The number of benzene rings is 1. The van der Waals surface area contributed by atoms with Gasteiger partial charge in [0, 0.05) is 4.47 Å². The first-order valence-corrected chi connectivity index (χ1v) is 4.20. The van der Waals surface area contributed by atoms with Crippen LogP contribution in [0.4, 0.5) is 8.78 Å².